The molecule has 0 aliphatic heterocycles. The predicted octanol–water partition coefficient (Wildman–Crippen LogP) is 19.7. The van der Waals surface area contributed by atoms with Crippen LogP contribution in [-0.4, -0.2) is 4.57 Å². The van der Waals surface area contributed by atoms with Crippen molar-refractivity contribution >= 4 is 49.6 Å². The van der Waals surface area contributed by atoms with Crippen LogP contribution in [-0.2, 0) is 0 Å². The molecule has 2 nitrogen and oxygen atoms in total. The lowest BCUT2D eigenvalue weighted by Gasteiger charge is -2.27. The van der Waals surface area contributed by atoms with Gasteiger partial charge in [-0.05, 0) is 129 Å². The molecular formula is C71H52N2. The van der Waals surface area contributed by atoms with Crippen molar-refractivity contribution in [2.45, 2.75) is 6.92 Å². The molecule has 0 saturated heterocycles. The van der Waals surface area contributed by atoms with Crippen LogP contribution in [0.3, 0.4) is 0 Å². The minimum atomic E-state index is 1.11. The number of nitrogens with zero attached hydrogens (tertiary/aromatic N) is 2. The monoisotopic (exact) mass is 932 g/mol. The Morgan fingerprint density at radius 3 is 1.14 bits per heavy atom. The Hall–Kier alpha value is -9.50. The number of aromatic nitrogens is 1. The molecule has 73 heavy (non-hydrogen) atoms. The molecule has 0 spiro atoms. The van der Waals surface area contributed by atoms with Crippen molar-refractivity contribution in [3.8, 4) is 61.3 Å². The largest absolute Gasteiger partial charge is 0.310 e. The van der Waals surface area contributed by atoms with E-state index in [-0.39, 0.29) is 0 Å². The van der Waals surface area contributed by atoms with Gasteiger partial charge in [-0.3, -0.25) is 0 Å². The van der Waals surface area contributed by atoms with E-state index in [1.54, 1.807) is 0 Å². The van der Waals surface area contributed by atoms with E-state index >= 15 is 0 Å². The van der Waals surface area contributed by atoms with E-state index in [0.29, 0.717) is 0 Å². The standard InChI is InChI=1S/C64H44N2.C7H8/c1-3-12-45(13-4-1)51-34-39-57(40-35-51)65(62-21-11-15-54-14-7-8-18-59(54)62)58-41-36-52(37-42-58)50-28-26-47(27-29-50)46-22-24-48(25-23-46)49-30-32-53(33-31-49)55-38-43-64-61(44-55)60-19-9-10-20-63(60)66(64)56-16-5-2-6-17-56;1-7-5-3-2-4-6-7/h1-44H;2-6H,1H3. The third kappa shape index (κ3) is 9.22. The van der Waals surface area contributed by atoms with Crippen molar-refractivity contribution in [2.24, 2.45) is 0 Å². The molecule has 0 bridgehead atoms. The molecule has 0 radical (unpaired) electrons. The van der Waals surface area contributed by atoms with E-state index in [4.69, 9.17) is 0 Å². The van der Waals surface area contributed by atoms with Crippen LogP contribution in [0.1, 0.15) is 5.56 Å². The van der Waals surface area contributed by atoms with Gasteiger partial charge in [0.05, 0.1) is 16.7 Å². The lowest BCUT2D eigenvalue weighted by atomic mass is 9.96. The molecule has 0 saturated carbocycles. The molecule has 13 rings (SSSR count). The Labute approximate surface area is 428 Å². The number of aryl methyl sites for hydroxylation is 1. The van der Waals surface area contributed by atoms with Crippen LogP contribution in [0.2, 0.25) is 0 Å². The number of anilines is 3. The molecule has 0 amide bonds. The van der Waals surface area contributed by atoms with Gasteiger partial charge < -0.3 is 9.47 Å². The molecule has 13 aromatic rings. The summed E-state index contributed by atoms with van der Waals surface area (Å²) in [7, 11) is 0. The first-order valence-corrected chi connectivity index (χ1v) is 25.1. The van der Waals surface area contributed by atoms with Gasteiger partial charge in [0.25, 0.3) is 0 Å². The van der Waals surface area contributed by atoms with Crippen LogP contribution in [0.15, 0.2) is 297 Å². The zero-order valence-electron chi connectivity index (χ0n) is 40.7. The van der Waals surface area contributed by atoms with E-state index in [9.17, 15) is 0 Å². The molecule has 0 unspecified atom stereocenters. The number of para-hydroxylation sites is 2. The van der Waals surface area contributed by atoms with Gasteiger partial charge in [-0.1, -0.05) is 242 Å². The van der Waals surface area contributed by atoms with Crippen molar-refractivity contribution in [1.82, 2.24) is 4.57 Å². The van der Waals surface area contributed by atoms with Gasteiger partial charge in [0.15, 0.2) is 0 Å². The molecular weight excluding hydrogens is 881 g/mol. The van der Waals surface area contributed by atoms with Crippen LogP contribution >= 0.6 is 0 Å². The quantitative estimate of drug-likeness (QED) is 0.140. The minimum absolute atomic E-state index is 1.11. The molecule has 346 valence electrons. The van der Waals surface area contributed by atoms with Gasteiger partial charge in [-0.25, -0.2) is 0 Å². The highest BCUT2D eigenvalue weighted by atomic mass is 15.1. The average Bonchev–Trinajstić information content (AvgIpc) is 3.80. The van der Waals surface area contributed by atoms with Crippen LogP contribution in [0.25, 0.3) is 93.9 Å². The van der Waals surface area contributed by atoms with E-state index in [2.05, 4.69) is 295 Å². The van der Waals surface area contributed by atoms with Crippen LogP contribution in [0.4, 0.5) is 17.1 Å². The Morgan fingerprint density at radius 1 is 0.260 bits per heavy atom. The highest BCUT2D eigenvalue weighted by Gasteiger charge is 2.17. The predicted molar refractivity (Wildman–Crippen MR) is 311 cm³/mol. The van der Waals surface area contributed by atoms with Gasteiger partial charge >= 0.3 is 0 Å². The summed E-state index contributed by atoms with van der Waals surface area (Å²) in [6.45, 7) is 2.08. The fourth-order valence-corrected chi connectivity index (χ4v) is 10.2. The van der Waals surface area contributed by atoms with Crippen LogP contribution < -0.4 is 4.90 Å². The molecule has 0 atom stereocenters. The Bertz CT molecular complexity index is 3950. The second-order valence-corrected chi connectivity index (χ2v) is 18.6. The second kappa shape index (κ2) is 20.1. The van der Waals surface area contributed by atoms with Crippen LogP contribution in [0, 0.1) is 6.92 Å². The molecule has 0 fully saturated rings. The molecule has 0 aliphatic carbocycles. The third-order valence-electron chi connectivity index (χ3n) is 14.0. The number of benzene rings is 12. The summed E-state index contributed by atoms with van der Waals surface area (Å²) < 4.78 is 2.36. The topological polar surface area (TPSA) is 8.17 Å². The summed E-state index contributed by atoms with van der Waals surface area (Å²) in [6, 6.07) is 107. The first kappa shape index (κ1) is 44.7. The van der Waals surface area contributed by atoms with E-state index < -0.39 is 0 Å². The number of rotatable bonds is 9. The van der Waals surface area contributed by atoms with Crippen molar-refractivity contribution in [1.29, 1.82) is 0 Å². The molecule has 2 heteroatoms. The fraction of sp³-hybridized carbons (Fsp3) is 0.0141. The third-order valence-corrected chi connectivity index (χ3v) is 14.0. The zero-order chi connectivity index (χ0) is 48.9. The number of fused-ring (bicyclic) bond motifs is 4. The van der Waals surface area contributed by atoms with Crippen molar-refractivity contribution < 1.29 is 0 Å². The average molecular weight is 933 g/mol. The number of hydrogen-bond acceptors (Lipinski definition) is 1. The Balaban J connectivity index is 0.000000718. The normalized spacial score (nSPS) is 11.1. The molecule has 0 N–H and O–H groups in total. The van der Waals surface area contributed by atoms with Crippen LogP contribution in [0.5, 0.6) is 0 Å². The Morgan fingerprint density at radius 2 is 0.630 bits per heavy atom. The lowest BCUT2D eigenvalue weighted by Crippen LogP contribution is -2.10. The molecule has 1 heterocycles. The van der Waals surface area contributed by atoms with Crippen molar-refractivity contribution in [3.63, 3.8) is 0 Å². The highest BCUT2D eigenvalue weighted by Crippen LogP contribution is 2.41. The summed E-state index contributed by atoms with van der Waals surface area (Å²) in [5.41, 5.74) is 20.3. The van der Waals surface area contributed by atoms with Gasteiger partial charge in [0, 0.05) is 33.2 Å². The summed E-state index contributed by atoms with van der Waals surface area (Å²) in [5.74, 6) is 0. The van der Waals surface area contributed by atoms with Gasteiger partial charge in [-0.2, -0.15) is 0 Å². The van der Waals surface area contributed by atoms with E-state index in [1.165, 1.54) is 99.5 Å². The van der Waals surface area contributed by atoms with Gasteiger partial charge in [0.1, 0.15) is 0 Å². The minimum Gasteiger partial charge on any atom is -0.310 e. The molecule has 1 aromatic heterocycles. The maximum Gasteiger partial charge on any atom is 0.0541 e. The van der Waals surface area contributed by atoms with Gasteiger partial charge in [-0.15, -0.1) is 0 Å². The highest BCUT2D eigenvalue weighted by molar-refractivity contribution is 6.10. The fourth-order valence-electron chi connectivity index (χ4n) is 10.2. The first-order valence-electron chi connectivity index (χ1n) is 25.1. The van der Waals surface area contributed by atoms with E-state index in [0.717, 1.165) is 17.1 Å². The Kier molecular flexibility index (Phi) is 12.3. The maximum atomic E-state index is 2.37. The second-order valence-electron chi connectivity index (χ2n) is 18.6. The molecule has 0 aliphatic rings. The SMILES string of the molecule is Cc1ccccc1.c1ccc(-c2ccc(N(c3ccc(-c4ccc(-c5ccc(-c6ccc(-c7ccc8c(c7)c7ccccc7n8-c7ccccc7)cc6)cc5)cc4)cc3)c3cccc4ccccc34)cc2)cc1. The lowest BCUT2D eigenvalue weighted by molar-refractivity contribution is 1.18. The van der Waals surface area contributed by atoms with Crippen molar-refractivity contribution in [2.75, 3.05) is 4.90 Å². The van der Waals surface area contributed by atoms with Crippen molar-refractivity contribution in [3.05, 3.63) is 303 Å². The smallest absolute Gasteiger partial charge is 0.0541 e. The number of hydrogen-bond donors (Lipinski definition) is 0. The van der Waals surface area contributed by atoms with E-state index in [1.807, 2.05) is 18.2 Å². The zero-order valence-corrected chi connectivity index (χ0v) is 40.7. The van der Waals surface area contributed by atoms with Gasteiger partial charge in [0.2, 0.25) is 0 Å². The molecule has 12 aromatic carbocycles. The first-order chi connectivity index (χ1) is 36.1. The summed E-state index contributed by atoms with van der Waals surface area (Å²) in [6.07, 6.45) is 0. The maximum absolute atomic E-state index is 2.37. The summed E-state index contributed by atoms with van der Waals surface area (Å²) >= 11 is 0. The summed E-state index contributed by atoms with van der Waals surface area (Å²) in [4.78, 5) is 2.37. The summed E-state index contributed by atoms with van der Waals surface area (Å²) in [5, 5.41) is 4.96.